The van der Waals surface area contributed by atoms with Gasteiger partial charge in [-0.3, -0.25) is 4.79 Å². The number of carbonyl (C=O) groups is 1. The Kier molecular flexibility index (Phi) is 2.49. The van der Waals surface area contributed by atoms with E-state index in [4.69, 9.17) is 9.84 Å². The van der Waals surface area contributed by atoms with Gasteiger partial charge in [-0.1, -0.05) is 23.8 Å². The lowest BCUT2D eigenvalue weighted by atomic mass is 9.71. The van der Waals surface area contributed by atoms with Crippen LogP contribution in [0.15, 0.2) is 18.2 Å². The van der Waals surface area contributed by atoms with Crippen molar-refractivity contribution in [3.8, 4) is 0 Å². The highest BCUT2D eigenvalue weighted by Crippen LogP contribution is 2.56. The van der Waals surface area contributed by atoms with Gasteiger partial charge in [-0.15, -0.1) is 0 Å². The fourth-order valence-electron chi connectivity index (χ4n) is 3.24. The Balaban J connectivity index is 1.97. The first-order valence-corrected chi connectivity index (χ1v) is 6.43. The molecule has 0 radical (unpaired) electrons. The third-order valence-corrected chi connectivity index (χ3v) is 4.47. The van der Waals surface area contributed by atoms with E-state index in [-0.39, 0.29) is 17.3 Å². The van der Waals surface area contributed by atoms with Crippen molar-refractivity contribution in [2.24, 2.45) is 11.8 Å². The van der Waals surface area contributed by atoms with Crippen LogP contribution in [0.2, 0.25) is 0 Å². The van der Waals surface area contributed by atoms with Gasteiger partial charge in [-0.05, 0) is 37.3 Å². The van der Waals surface area contributed by atoms with E-state index in [0.717, 1.165) is 6.42 Å². The van der Waals surface area contributed by atoms with E-state index in [1.54, 1.807) is 0 Å². The summed E-state index contributed by atoms with van der Waals surface area (Å²) in [5.41, 5.74) is 3.73. The molecule has 96 valence electrons. The van der Waals surface area contributed by atoms with E-state index in [1.807, 2.05) is 0 Å². The summed E-state index contributed by atoms with van der Waals surface area (Å²) in [4.78, 5) is 11.1. The fraction of sp³-hybridized carbons (Fsp3) is 0.533. The monoisotopic (exact) mass is 246 g/mol. The molecule has 3 rings (SSSR count). The summed E-state index contributed by atoms with van der Waals surface area (Å²) >= 11 is 0. The number of aryl methyl sites for hydroxylation is 2. The van der Waals surface area contributed by atoms with Crippen LogP contribution in [0.3, 0.4) is 0 Å². The molecule has 3 nitrogen and oxygen atoms in total. The summed E-state index contributed by atoms with van der Waals surface area (Å²) in [6.07, 6.45) is 0.798. The smallest absolute Gasteiger partial charge is 0.306 e. The van der Waals surface area contributed by atoms with Crippen LogP contribution in [0.1, 0.15) is 23.1 Å². The van der Waals surface area contributed by atoms with Gasteiger partial charge in [-0.25, -0.2) is 0 Å². The molecule has 0 aromatic heterocycles. The second kappa shape index (κ2) is 3.82. The average Bonchev–Trinajstić information content (AvgIpc) is 3.02. The number of hydrogen-bond acceptors (Lipinski definition) is 2. The molecule has 18 heavy (non-hydrogen) atoms. The predicted molar refractivity (Wildman–Crippen MR) is 67.6 cm³/mol. The van der Waals surface area contributed by atoms with E-state index < -0.39 is 5.97 Å². The molecule has 1 aromatic rings. The van der Waals surface area contributed by atoms with E-state index in [9.17, 15) is 4.79 Å². The second-order valence-corrected chi connectivity index (χ2v) is 5.75. The van der Waals surface area contributed by atoms with E-state index in [0.29, 0.717) is 13.2 Å². The van der Waals surface area contributed by atoms with Crippen molar-refractivity contribution in [3.63, 3.8) is 0 Å². The number of carboxylic acids is 1. The van der Waals surface area contributed by atoms with Gasteiger partial charge in [0.1, 0.15) is 0 Å². The van der Waals surface area contributed by atoms with Gasteiger partial charge in [0.25, 0.3) is 0 Å². The molecule has 0 amide bonds. The van der Waals surface area contributed by atoms with E-state index >= 15 is 0 Å². The van der Waals surface area contributed by atoms with Crippen LogP contribution in [-0.2, 0) is 14.9 Å². The normalized spacial score (nSPS) is 28.6. The van der Waals surface area contributed by atoms with Crippen LogP contribution in [0, 0.1) is 25.7 Å². The molecule has 1 aliphatic carbocycles. The summed E-state index contributed by atoms with van der Waals surface area (Å²) in [7, 11) is 0. The first-order valence-electron chi connectivity index (χ1n) is 6.43. The minimum atomic E-state index is -0.656. The Morgan fingerprint density at radius 2 is 2.11 bits per heavy atom. The molecular formula is C15H18O3. The third-order valence-electron chi connectivity index (χ3n) is 4.47. The number of rotatable bonds is 3. The van der Waals surface area contributed by atoms with E-state index in [1.165, 1.54) is 16.7 Å². The molecule has 1 N–H and O–H groups in total. The summed E-state index contributed by atoms with van der Waals surface area (Å²) in [6, 6.07) is 6.44. The van der Waals surface area contributed by atoms with Crippen LogP contribution in [0.25, 0.3) is 0 Å². The zero-order valence-electron chi connectivity index (χ0n) is 10.8. The maximum absolute atomic E-state index is 11.1. The zero-order chi connectivity index (χ0) is 12.9. The topological polar surface area (TPSA) is 46.5 Å². The molecule has 2 unspecified atom stereocenters. The molecule has 1 heterocycles. The quantitative estimate of drug-likeness (QED) is 0.890. The SMILES string of the molecule is Cc1ccc(C)c(C2(C3CC3C(=O)O)COC2)c1. The van der Waals surface area contributed by atoms with Gasteiger partial charge < -0.3 is 9.84 Å². The minimum absolute atomic E-state index is 0.0425. The minimum Gasteiger partial charge on any atom is -0.481 e. The van der Waals surface area contributed by atoms with Crippen molar-refractivity contribution in [2.45, 2.75) is 25.7 Å². The third kappa shape index (κ3) is 1.57. The Morgan fingerprint density at radius 1 is 1.39 bits per heavy atom. The Labute approximate surface area is 107 Å². The molecule has 3 heteroatoms. The lowest BCUT2D eigenvalue weighted by molar-refractivity contribution is -0.140. The molecule has 2 fully saturated rings. The lowest BCUT2D eigenvalue weighted by Crippen LogP contribution is -2.50. The van der Waals surface area contributed by atoms with Crippen LogP contribution < -0.4 is 0 Å². The highest BCUT2D eigenvalue weighted by atomic mass is 16.5. The standard InChI is InChI=1S/C15H18O3/c1-9-3-4-10(2)12(5-9)15(7-18-8-15)13-6-11(13)14(16)17/h3-5,11,13H,6-8H2,1-2H3,(H,16,17). The second-order valence-electron chi connectivity index (χ2n) is 5.75. The van der Waals surface area contributed by atoms with Gasteiger partial charge >= 0.3 is 5.97 Å². The highest BCUT2D eigenvalue weighted by Gasteiger charge is 2.60. The van der Waals surface area contributed by atoms with Crippen molar-refractivity contribution in [1.29, 1.82) is 0 Å². The van der Waals surface area contributed by atoms with Crippen LogP contribution in [-0.4, -0.2) is 24.3 Å². The first kappa shape index (κ1) is 11.7. The first-order chi connectivity index (χ1) is 8.54. The summed E-state index contributed by atoms with van der Waals surface area (Å²) in [5.74, 6) is -0.574. The van der Waals surface area contributed by atoms with Crippen molar-refractivity contribution in [3.05, 3.63) is 34.9 Å². The Morgan fingerprint density at radius 3 is 2.61 bits per heavy atom. The maximum atomic E-state index is 11.1. The lowest BCUT2D eigenvalue weighted by Gasteiger charge is -2.43. The Bertz CT molecular complexity index is 502. The predicted octanol–water partition coefficient (Wildman–Crippen LogP) is 2.29. The largest absolute Gasteiger partial charge is 0.481 e. The summed E-state index contributed by atoms with van der Waals surface area (Å²) in [5, 5.41) is 9.14. The number of hydrogen-bond donors (Lipinski definition) is 1. The van der Waals surface area contributed by atoms with Gasteiger partial charge in [0.15, 0.2) is 0 Å². The fourth-order valence-corrected chi connectivity index (χ4v) is 3.24. The van der Waals surface area contributed by atoms with Crippen molar-refractivity contribution in [2.75, 3.05) is 13.2 Å². The number of aliphatic carboxylic acids is 1. The number of benzene rings is 1. The molecule has 1 aromatic carbocycles. The number of ether oxygens (including phenoxy) is 1. The summed E-state index contributed by atoms with van der Waals surface area (Å²) in [6.45, 7) is 5.53. The molecule has 2 aliphatic rings. The van der Waals surface area contributed by atoms with E-state index in [2.05, 4.69) is 32.0 Å². The van der Waals surface area contributed by atoms with Crippen molar-refractivity contribution in [1.82, 2.24) is 0 Å². The van der Waals surface area contributed by atoms with Gasteiger partial charge in [0, 0.05) is 5.41 Å². The van der Waals surface area contributed by atoms with Gasteiger partial charge in [0.2, 0.25) is 0 Å². The number of carboxylic acid groups (broad SMARTS) is 1. The molecule has 0 bridgehead atoms. The van der Waals surface area contributed by atoms with Crippen LogP contribution in [0.5, 0.6) is 0 Å². The molecule has 0 spiro atoms. The van der Waals surface area contributed by atoms with Crippen molar-refractivity contribution < 1.29 is 14.6 Å². The molecule has 1 saturated carbocycles. The van der Waals surface area contributed by atoms with Crippen LogP contribution in [0.4, 0.5) is 0 Å². The van der Waals surface area contributed by atoms with Crippen molar-refractivity contribution >= 4 is 5.97 Å². The Hall–Kier alpha value is -1.35. The zero-order valence-corrected chi connectivity index (χ0v) is 10.8. The van der Waals surface area contributed by atoms with Gasteiger partial charge in [0.05, 0.1) is 19.1 Å². The van der Waals surface area contributed by atoms with Crippen LogP contribution >= 0.6 is 0 Å². The summed E-state index contributed by atoms with van der Waals surface area (Å²) < 4.78 is 5.42. The van der Waals surface area contributed by atoms with Gasteiger partial charge in [-0.2, -0.15) is 0 Å². The molecule has 2 atom stereocenters. The maximum Gasteiger partial charge on any atom is 0.306 e. The molecule has 1 saturated heterocycles. The highest BCUT2D eigenvalue weighted by molar-refractivity contribution is 5.74. The average molecular weight is 246 g/mol. The molecular weight excluding hydrogens is 228 g/mol. The molecule has 1 aliphatic heterocycles.